The normalized spacial score (nSPS) is 14.4. The van der Waals surface area contributed by atoms with Gasteiger partial charge in [-0.15, -0.1) is 0 Å². The minimum Gasteiger partial charge on any atom is -0.457 e. The first-order valence-corrected chi connectivity index (χ1v) is 23.7. The zero-order valence-electron chi connectivity index (χ0n) is 35.8. The third-order valence-corrected chi connectivity index (χ3v) is 10.2. The molecule has 0 fully saturated rings. The molecule has 11 heteroatoms. The SMILES string of the molecule is CC/C=C\C/C=C\C/C=C\C/C=C\C/C=C\CC(=O)OC(CO)COP(=O)(O)OCC(CO)OC(=O)CCCCCCCCCCCCCCCCCCCCC. The van der Waals surface area contributed by atoms with Gasteiger partial charge in [0.15, 0.2) is 0 Å². The summed E-state index contributed by atoms with van der Waals surface area (Å²) in [4.78, 5) is 34.5. The van der Waals surface area contributed by atoms with Crippen molar-refractivity contribution >= 4 is 19.8 Å². The van der Waals surface area contributed by atoms with E-state index in [1.54, 1.807) is 6.08 Å². The maximum absolute atomic E-state index is 12.4. The number of carbonyl (C=O) groups excluding carboxylic acids is 2. The number of rotatable bonds is 41. The van der Waals surface area contributed by atoms with E-state index >= 15 is 0 Å². The summed E-state index contributed by atoms with van der Waals surface area (Å²) in [5.41, 5.74) is 0. The van der Waals surface area contributed by atoms with Gasteiger partial charge in [0.2, 0.25) is 0 Å². The van der Waals surface area contributed by atoms with Crippen molar-refractivity contribution in [3.05, 3.63) is 60.8 Å². The Morgan fingerprint density at radius 2 is 0.825 bits per heavy atom. The summed E-state index contributed by atoms with van der Waals surface area (Å²) in [6.07, 6.45) is 46.6. The third-order valence-electron chi connectivity index (χ3n) is 9.28. The molecule has 0 amide bonds. The van der Waals surface area contributed by atoms with Crippen LogP contribution in [0.1, 0.15) is 181 Å². The molecule has 330 valence electrons. The van der Waals surface area contributed by atoms with E-state index in [0.29, 0.717) is 12.8 Å². The van der Waals surface area contributed by atoms with Crippen molar-refractivity contribution < 1.29 is 47.8 Å². The van der Waals surface area contributed by atoms with Crippen molar-refractivity contribution in [3.8, 4) is 0 Å². The van der Waals surface area contributed by atoms with E-state index in [1.807, 2.05) is 18.2 Å². The molecule has 0 heterocycles. The molecule has 0 rings (SSSR count). The zero-order valence-corrected chi connectivity index (χ0v) is 36.7. The highest BCUT2D eigenvalue weighted by Gasteiger charge is 2.27. The van der Waals surface area contributed by atoms with Crippen LogP contribution in [0.25, 0.3) is 0 Å². The zero-order chi connectivity index (χ0) is 41.9. The lowest BCUT2D eigenvalue weighted by Crippen LogP contribution is -2.28. The van der Waals surface area contributed by atoms with Gasteiger partial charge in [0.05, 0.1) is 32.8 Å². The average Bonchev–Trinajstić information content (AvgIpc) is 3.20. The van der Waals surface area contributed by atoms with Crippen LogP contribution in [0.2, 0.25) is 0 Å². The molecule has 0 bridgehead atoms. The fourth-order valence-electron chi connectivity index (χ4n) is 5.90. The van der Waals surface area contributed by atoms with Crippen molar-refractivity contribution in [2.75, 3.05) is 26.4 Å². The molecule has 0 aliphatic rings. The maximum Gasteiger partial charge on any atom is 0.472 e. The number of phosphoric ester groups is 1. The predicted molar refractivity (Wildman–Crippen MR) is 233 cm³/mol. The Kier molecular flexibility index (Phi) is 40.1. The molecule has 0 radical (unpaired) electrons. The van der Waals surface area contributed by atoms with E-state index in [9.17, 15) is 29.3 Å². The first kappa shape index (κ1) is 54.7. The Morgan fingerprint density at radius 3 is 1.19 bits per heavy atom. The van der Waals surface area contributed by atoms with Gasteiger partial charge >= 0.3 is 19.8 Å². The number of phosphoric acid groups is 1. The Balaban J connectivity index is 3.97. The minimum absolute atomic E-state index is 0.0413. The molecule has 3 atom stereocenters. The van der Waals surface area contributed by atoms with Gasteiger partial charge in [0.25, 0.3) is 0 Å². The second-order valence-electron chi connectivity index (χ2n) is 14.7. The lowest BCUT2D eigenvalue weighted by atomic mass is 10.0. The Bertz CT molecular complexity index is 1130. The van der Waals surface area contributed by atoms with Crippen molar-refractivity contribution in [2.24, 2.45) is 0 Å². The summed E-state index contributed by atoms with van der Waals surface area (Å²) in [6, 6.07) is 0. The smallest absolute Gasteiger partial charge is 0.457 e. The standard InChI is InChI=1S/C46H81O10P/c1-3-5-7-9-11-13-15-17-19-20-21-22-24-26-28-30-32-34-36-38-46(50)56-44(40-48)42-54-57(51,52)53-41-43(39-47)55-45(49)37-35-33-31-29-27-25-23-18-16-14-12-10-8-6-4-2/h6,8,12,14,18,23,27,29,33,35,43-44,47-48H,3-5,7,9-11,13,15-17,19-22,24-26,28,30-32,34,36-42H2,1-2H3,(H,51,52)/b8-6-,14-12-,23-18-,29-27-,35-33-. The van der Waals surface area contributed by atoms with Gasteiger partial charge in [0, 0.05) is 6.42 Å². The fraction of sp³-hybridized carbons (Fsp3) is 0.739. The molecule has 57 heavy (non-hydrogen) atoms. The van der Waals surface area contributed by atoms with E-state index in [2.05, 4.69) is 50.3 Å². The molecule has 0 aromatic heterocycles. The molecule has 0 saturated carbocycles. The van der Waals surface area contributed by atoms with E-state index in [4.69, 9.17) is 18.5 Å². The fourth-order valence-corrected chi connectivity index (χ4v) is 6.68. The van der Waals surface area contributed by atoms with Crippen LogP contribution in [-0.2, 0) is 32.7 Å². The van der Waals surface area contributed by atoms with Crippen LogP contribution in [0.15, 0.2) is 60.8 Å². The van der Waals surface area contributed by atoms with E-state index in [1.165, 1.54) is 96.3 Å². The predicted octanol–water partition coefficient (Wildman–Crippen LogP) is 11.9. The van der Waals surface area contributed by atoms with E-state index in [-0.39, 0.29) is 12.8 Å². The molecule has 0 aromatic carbocycles. The number of allylic oxidation sites excluding steroid dienone is 9. The summed E-state index contributed by atoms with van der Waals surface area (Å²) >= 11 is 0. The van der Waals surface area contributed by atoms with Crippen LogP contribution in [0.5, 0.6) is 0 Å². The average molecular weight is 825 g/mol. The number of esters is 2. The highest BCUT2D eigenvalue weighted by atomic mass is 31.2. The second-order valence-corrected chi connectivity index (χ2v) is 16.1. The molecular formula is C46H81O10P. The highest BCUT2D eigenvalue weighted by molar-refractivity contribution is 7.47. The van der Waals surface area contributed by atoms with Crippen molar-refractivity contribution in [2.45, 2.75) is 193 Å². The van der Waals surface area contributed by atoms with Crippen LogP contribution < -0.4 is 0 Å². The number of hydrogen-bond donors (Lipinski definition) is 3. The molecule has 3 N–H and O–H groups in total. The van der Waals surface area contributed by atoms with Crippen LogP contribution in [0.3, 0.4) is 0 Å². The first-order chi connectivity index (χ1) is 27.8. The Morgan fingerprint density at radius 1 is 0.491 bits per heavy atom. The number of ether oxygens (including phenoxy) is 2. The third kappa shape index (κ3) is 40.2. The summed E-state index contributed by atoms with van der Waals surface area (Å²) in [5.74, 6) is -1.15. The molecular weight excluding hydrogens is 743 g/mol. The Labute approximate surface area is 346 Å². The summed E-state index contributed by atoms with van der Waals surface area (Å²) in [5, 5.41) is 19.1. The van der Waals surface area contributed by atoms with Crippen LogP contribution >= 0.6 is 7.82 Å². The minimum atomic E-state index is -4.66. The van der Waals surface area contributed by atoms with Gasteiger partial charge in [-0.3, -0.25) is 18.6 Å². The number of hydrogen-bond acceptors (Lipinski definition) is 9. The molecule has 0 aliphatic heterocycles. The van der Waals surface area contributed by atoms with Crippen molar-refractivity contribution in [1.82, 2.24) is 0 Å². The number of unbranched alkanes of at least 4 members (excludes halogenated alkanes) is 18. The van der Waals surface area contributed by atoms with Crippen LogP contribution in [0.4, 0.5) is 0 Å². The Hall–Kier alpha value is -2.33. The highest BCUT2D eigenvalue weighted by Crippen LogP contribution is 2.43. The second kappa shape index (κ2) is 41.8. The van der Waals surface area contributed by atoms with Gasteiger partial charge in [-0.1, -0.05) is 190 Å². The molecule has 10 nitrogen and oxygen atoms in total. The van der Waals surface area contributed by atoms with Crippen LogP contribution in [-0.4, -0.2) is 65.7 Å². The monoisotopic (exact) mass is 825 g/mol. The van der Waals surface area contributed by atoms with E-state index < -0.39 is 58.4 Å². The van der Waals surface area contributed by atoms with Crippen LogP contribution in [0, 0.1) is 0 Å². The van der Waals surface area contributed by atoms with Crippen molar-refractivity contribution in [1.29, 1.82) is 0 Å². The lowest BCUT2D eigenvalue weighted by molar-refractivity contribution is -0.153. The van der Waals surface area contributed by atoms with Gasteiger partial charge in [-0.2, -0.15) is 0 Å². The van der Waals surface area contributed by atoms with Gasteiger partial charge in [-0.25, -0.2) is 4.57 Å². The van der Waals surface area contributed by atoms with Gasteiger partial charge < -0.3 is 24.6 Å². The molecule has 0 aliphatic carbocycles. The largest absolute Gasteiger partial charge is 0.472 e. The maximum atomic E-state index is 12.4. The quantitative estimate of drug-likeness (QED) is 0.0235. The summed E-state index contributed by atoms with van der Waals surface area (Å²) < 4.78 is 32.5. The van der Waals surface area contributed by atoms with E-state index in [0.717, 1.165) is 44.9 Å². The lowest BCUT2D eigenvalue weighted by Gasteiger charge is -2.20. The molecule has 3 unspecified atom stereocenters. The van der Waals surface area contributed by atoms with Gasteiger partial charge in [0.1, 0.15) is 12.2 Å². The number of aliphatic hydroxyl groups is 2. The number of carbonyl (C=O) groups is 2. The van der Waals surface area contributed by atoms with Gasteiger partial charge in [-0.05, 0) is 38.5 Å². The molecule has 0 aromatic rings. The topological polar surface area (TPSA) is 149 Å². The first-order valence-electron chi connectivity index (χ1n) is 22.2. The number of aliphatic hydroxyl groups excluding tert-OH is 2. The van der Waals surface area contributed by atoms with Crippen molar-refractivity contribution in [3.63, 3.8) is 0 Å². The molecule has 0 saturated heterocycles. The molecule has 0 spiro atoms. The summed E-state index contributed by atoms with van der Waals surface area (Å²) in [6.45, 7) is 1.99. The summed E-state index contributed by atoms with van der Waals surface area (Å²) in [7, 11) is -4.66.